The lowest BCUT2D eigenvalue weighted by molar-refractivity contribution is -0.146. The molecule has 0 amide bonds. The van der Waals surface area contributed by atoms with E-state index in [2.05, 4.69) is 46.4 Å². The Kier molecular flexibility index (Phi) is 43.5. The van der Waals surface area contributed by atoms with Gasteiger partial charge in [-0.3, -0.25) is 9.59 Å². The molecule has 57 heavy (non-hydrogen) atoms. The number of hydrogen-bond donors (Lipinski definition) is 0. The van der Waals surface area contributed by atoms with Crippen molar-refractivity contribution in [1.82, 2.24) is 4.90 Å². The predicted molar refractivity (Wildman–Crippen MR) is 246 cm³/mol. The van der Waals surface area contributed by atoms with Crippen LogP contribution in [0, 0.1) is 17.8 Å². The Morgan fingerprint density at radius 1 is 0.386 bits per heavy atom. The van der Waals surface area contributed by atoms with E-state index >= 15 is 0 Å². The minimum atomic E-state index is 0.0293. The van der Waals surface area contributed by atoms with Gasteiger partial charge in [0.25, 0.3) is 0 Å². The third-order valence-electron chi connectivity index (χ3n) is 12.3. The van der Waals surface area contributed by atoms with Crippen LogP contribution in [-0.2, 0) is 23.8 Å². The van der Waals surface area contributed by atoms with Crippen molar-refractivity contribution in [2.45, 2.75) is 253 Å². The molecule has 0 aliphatic rings. The van der Waals surface area contributed by atoms with Crippen LogP contribution in [0.4, 0.5) is 0 Å². The van der Waals surface area contributed by atoms with Gasteiger partial charge >= 0.3 is 11.9 Å². The normalized spacial score (nSPS) is 11.8. The lowest BCUT2D eigenvalue weighted by Crippen LogP contribution is -2.25. The maximum Gasteiger partial charge on any atom is 0.306 e. The molecule has 0 aliphatic heterocycles. The van der Waals surface area contributed by atoms with Crippen molar-refractivity contribution in [3.05, 3.63) is 0 Å². The van der Waals surface area contributed by atoms with Crippen LogP contribution >= 0.6 is 0 Å². The Balaban J connectivity index is 4.31. The van der Waals surface area contributed by atoms with Crippen LogP contribution in [0.15, 0.2) is 0 Å². The Morgan fingerprint density at radius 3 is 1.09 bits per heavy atom. The SMILES string of the molecule is CCCCCC(CCCCC)CC(=O)OCCCCCCCCC(CCCCCCCCOC(=O)CC(CCCCC)CCCCC)COCCCN(CC)CC. The summed E-state index contributed by atoms with van der Waals surface area (Å²) in [5.74, 6) is 1.74. The highest BCUT2D eigenvalue weighted by Gasteiger charge is 2.16. The van der Waals surface area contributed by atoms with Gasteiger partial charge in [0.2, 0.25) is 0 Å². The highest BCUT2D eigenvalue weighted by Crippen LogP contribution is 2.24. The molecule has 0 atom stereocenters. The fraction of sp³-hybridized carbons (Fsp3) is 0.961. The fourth-order valence-corrected chi connectivity index (χ4v) is 8.37. The van der Waals surface area contributed by atoms with E-state index in [0.29, 0.717) is 43.8 Å². The lowest BCUT2D eigenvalue weighted by atomic mass is 9.92. The molecule has 0 N–H and O–H groups in total. The van der Waals surface area contributed by atoms with E-state index in [1.807, 2.05) is 0 Å². The van der Waals surface area contributed by atoms with Gasteiger partial charge in [-0.1, -0.05) is 183 Å². The van der Waals surface area contributed by atoms with Crippen molar-refractivity contribution in [3.63, 3.8) is 0 Å². The summed E-state index contributed by atoms with van der Waals surface area (Å²) in [4.78, 5) is 27.6. The molecule has 0 heterocycles. The van der Waals surface area contributed by atoms with E-state index in [1.54, 1.807) is 0 Å². The summed E-state index contributed by atoms with van der Waals surface area (Å²) < 4.78 is 17.6. The molecule has 0 aromatic rings. The van der Waals surface area contributed by atoms with Gasteiger partial charge in [0.15, 0.2) is 0 Å². The average Bonchev–Trinajstić information content (AvgIpc) is 3.20. The van der Waals surface area contributed by atoms with E-state index < -0.39 is 0 Å². The lowest BCUT2D eigenvalue weighted by Gasteiger charge is -2.19. The van der Waals surface area contributed by atoms with Gasteiger partial charge in [0.05, 0.1) is 13.2 Å². The molecule has 0 fully saturated rings. The topological polar surface area (TPSA) is 65.1 Å². The van der Waals surface area contributed by atoms with E-state index in [1.165, 1.54) is 167 Å². The first-order valence-corrected chi connectivity index (χ1v) is 25.5. The first-order chi connectivity index (χ1) is 27.9. The summed E-state index contributed by atoms with van der Waals surface area (Å²) >= 11 is 0. The summed E-state index contributed by atoms with van der Waals surface area (Å²) in [5, 5.41) is 0. The van der Waals surface area contributed by atoms with Gasteiger partial charge in [-0.2, -0.15) is 0 Å². The van der Waals surface area contributed by atoms with Gasteiger partial charge in [0, 0.05) is 32.6 Å². The molecule has 0 aliphatic carbocycles. The monoisotopic (exact) mass is 808 g/mol. The fourth-order valence-electron chi connectivity index (χ4n) is 8.37. The van der Waals surface area contributed by atoms with Crippen LogP contribution in [0.5, 0.6) is 0 Å². The summed E-state index contributed by atoms with van der Waals surface area (Å²) in [6, 6.07) is 0. The molecule has 340 valence electrons. The maximum atomic E-state index is 12.5. The molecule has 0 radical (unpaired) electrons. The van der Waals surface area contributed by atoms with Crippen LogP contribution < -0.4 is 0 Å². The van der Waals surface area contributed by atoms with Gasteiger partial charge < -0.3 is 19.1 Å². The number of nitrogens with zero attached hydrogens (tertiary/aromatic N) is 1. The smallest absolute Gasteiger partial charge is 0.306 e. The molecule has 6 heteroatoms. The van der Waals surface area contributed by atoms with Gasteiger partial charge in [-0.25, -0.2) is 0 Å². The van der Waals surface area contributed by atoms with Gasteiger partial charge in [-0.05, 0) is 88.6 Å². The molecule has 0 aromatic heterocycles. The summed E-state index contributed by atoms with van der Waals surface area (Å²) in [7, 11) is 0. The summed E-state index contributed by atoms with van der Waals surface area (Å²) in [6.45, 7) is 19.8. The predicted octanol–water partition coefficient (Wildman–Crippen LogP) is 15.2. The number of carbonyl (C=O) groups excluding carboxylic acids is 2. The van der Waals surface area contributed by atoms with Crippen molar-refractivity contribution in [2.75, 3.05) is 46.1 Å². The van der Waals surface area contributed by atoms with Crippen LogP contribution in [-0.4, -0.2) is 62.9 Å². The van der Waals surface area contributed by atoms with Crippen molar-refractivity contribution >= 4 is 11.9 Å². The minimum Gasteiger partial charge on any atom is -0.466 e. The molecular weight excluding hydrogens is 707 g/mol. The molecule has 6 nitrogen and oxygen atoms in total. The second-order valence-electron chi connectivity index (χ2n) is 17.7. The highest BCUT2D eigenvalue weighted by molar-refractivity contribution is 5.70. The zero-order valence-electron chi connectivity index (χ0n) is 39.5. The summed E-state index contributed by atoms with van der Waals surface area (Å²) in [5.41, 5.74) is 0. The zero-order chi connectivity index (χ0) is 41.9. The van der Waals surface area contributed by atoms with Crippen LogP contribution in [0.25, 0.3) is 0 Å². The number of esters is 2. The molecule has 0 rings (SSSR count). The molecule has 0 spiro atoms. The Bertz CT molecular complexity index is 756. The molecule has 0 saturated heterocycles. The third-order valence-corrected chi connectivity index (χ3v) is 12.3. The van der Waals surface area contributed by atoms with Crippen molar-refractivity contribution < 1.29 is 23.8 Å². The largest absolute Gasteiger partial charge is 0.466 e. The van der Waals surface area contributed by atoms with E-state index in [0.717, 1.165) is 65.0 Å². The summed E-state index contributed by atoms with van der Waals surface area (Å²) in [6.07, 6.45) is 39.1. The maximum absolute atomic E-state index is 12.5. The number of ether oxygens (including phenoxy) is 3. The first-order valence-electron chi connectivity index (χ1n) is 25.5. The van der Waals surface area contributed by atoms with Gasteiger partial charge in [0.1, 0.15) is 0 Å². The average molecular weight is 808 g/mol. The number of hydrogen-bond acceptors (Lipinski definition) is 6. The van der Waals surface area contributed by atoms with E-state index in [-0.39, 0.29) is 11.9 Å². The van der Waals surface area contributed by atoms with Crippen molar-refractivity contribution in [1.29, 1.82) is 0 Å². The minimum absolute atomic E-state index is 0.0293. The molecule has 0 saturated carbocycles. The second kappa shape index (κ2) is 44.4. The quantitative estimate of drug-likeness (QED) is 0.0451. The van der Waals surface area contributed by atoms with E-state index in [4.69, 9.17) is 14.2 Å². The first kappa shape index (κ1) is 55.9. The van der Waals surface area contributed by atoms with Crippen molar-refractivity contribution in [2.24, 2.45) is 17.8 Å². The Hall–Kier alpha value is -1.14. The highest BCUT2D eigenvalue weighted by atomic mass is 16.5. The molecular formula is C51H101NO5. The van der Waals surface area contributed by atoms with Crippen LogP contribution in [0.2, 0.25) is 0 Å². The van der Waals surface area contributed by atoms with Crippen molar-refractivity contribution in [3.8, 4) is 0 Å². The molecule has 0 unspecified atom stereocenters. The number of rotatable bonds is 46. The van der Waals surface area contributed by atoms with Crippen LogP contribution in [0.1, 0.15) is 253 Å². The number of unbranched alkanes of at least 4 members (excludes halogenated alkanes) is 18. The van der Waals surface area contributed by atoms with E-state index in [9.17, 15) is 9.59 Å². The zero-order valence-corrected chi connectivity index (χ0v) is 39.5. The Labute approximate surface area is 356 Å². The van der Waals surface area contributed by atoms with Crippen LogP contribution in [0.3, 0.4) is 0 Å². The number of carbonyl (C=O) groups is 2. The molecule has 0 bridgehead atoms. The second-order valence-corrected chi connectivity index (χ2v) is 17.7. The standard InChI is InChI=1S/C51H101NO5/c1-7-13-25-34-47(35-26-14-8-2)44-50(53)56-42-31-23-19-17-21-29-38-49(46-55-41-33-40-52(11-5)12-6)39-30-22-18-20-24-32-43-57-51(54)45-48(36-27-15-9-3)37-28-16-10-4/h47-49H,7-46H2,1-6H3. The third kappa shape index (κ3) is 38.8. The molecule has 0 aromatic carbocycles. The Morgan fingerprint density at radius 2 is 0.719 bits per heavy atom. The van der Waals surface area contributed by atoms with Gasteiger partial charge in [-0.15, -0.1) is 0 Å².